The highest BCUT2D eigenvalue weighted by molar-refractivity contribution is 6.30. The first kappa shape index (κ1) is 14.4. The molecule has 1 aliphatic carbocycles. The van der Waals surface area contributed by atoms with E-state index in [0.717, 1.165) is 18.0 Å². The Morgan fingerprint density at radius 2 is 2.20 bits per heavy atom. The van der Waals surface area contributed by atoms with E-state index in [-0.39, 0.29) is 5.41 Å². The minimum Gasteiger partial charge on any atom is -0.308 e. The van der Waals surface area contributed by atoms with Gasteiger partial charge in [-0.05, 0) is 61.5 Å². The van der Waals surface area contributed by atoms with Crippen LogP contribution in [-0.4, -0.2) is 31.1 Å². The van der Waals surface area contributed by atoms with Crippen molar-refractivity contribution in [3.8, 4) is 0 Å². The average molecular weight is 293 g/mol. The summed E-state index contributed by atoms with van der Waals surface area (Å²) in [7, 11) is 2.24. The Kier molecular flexibility index (Phi) is 3.83. The molecule has 1 fully saturated rings. The molecule has 0 spiro atoms. The third-order valence-corrected chi connectivity index (χ3v) is 5.31. The number of nitrogens with zero attached hydrogens (tertiary/aromatic N) is 1. The largest absolute Gasteiger partial charge is 0.308 e. The zero-order valence-electron chi connectivity index (χ0n) is 12.7. The molecule has 0 aromatic heterocycles. The maximum Gasteiger partial charge on any atom is 0.0409 e. The molecule has 0 radical (unpaired) electrons. The standard InChI is InChI=1S/C17H25ClN2/c1-17(2)10-12-6-7-13(18)9-15(12)16(17)19-11-14-5-4-8-20(14)3/h6-7,9,14,16,19H,4-5,8,10-11H2,1-3H3. The molecule has 110 valence electrons. The van der Waals surface area contributed by atoms with E-state index in [2.05, 4.69) is 43.2 Å². The number of rotatable bonds is 3. The second-order valence-electron chi connectivity index (χ2n) is 7.13. The Balaban J connectivity index is 1.76. The van der Waals surface area contributed by atoms with Gasteiger partial charge in [-0.3, -0.25) is 0 Å². The summed E-state index contributed by atoms with van der Waals surface area (Å²) in [4.78, 5) is 2.48. The Morgan fingerprint density at radius 1 is 1.40 bits per heavy atom. The molecule has 1 aromatic carbocycles. The lowest BCUT2D eigenvalue weighted by Crippen LogP contribution is -2.40. The summed E-state index contributed by atoms with van der Waals surface area (Å²) >= 11 is 6.20. The summed E-state index contributed by atoms with van der Waals surface area (Å²) < 4.78 is 0. The van der Waals surface area contributed by atoms with E-state index in [1.807, 2.05) is 6.07 Å². The van der Waals surface area contributed by atoms with Gasteiger partial charge >= 0.3 is 0 Å². The van der Waals surface area contributed by atoms with Crippen LogP contribution in [0, 0.1) is 5.41 Å². The molecule has 2 aliphatic rings. The third-order valence-electron chi connectivity index (χ3n) is 5.08. The SMILES string of the molecule is CN1CCCC1CNC1c2cc(Cl)ccc2CC1(C)C. The number of likely N-dealkylation sites (N-methyl/N-ethyl adjacent to an activating group) is 1. The predicted octanol–water partition coefficient (Wildman–Crippen LogP) is 3.65. The molecule has 2 unspecified atom stereocenters. The summed E-state index contributed by atoms with van der Waals surface area (Å²) in [6, 6.07) is 7.48. The van der Waals surface area contributed by atoms with Crippen LogP contribution in [-0.2, 0) is 6.42 Å². The zero-order valence-corrected chi connectivity index (χ0v) is 13.5. The molecular weight excluding hydrogens is 268 g/mol. The van der Waals surface area contributed by atoms with Crippen LogP contribution in [0.4, 0.5) is 0 Å². The zero-order chi connectivity index (χ0) is 14.3. The molecule has 20 heavy (non-hydrogen) atoms. The van der Waals surface area contributed by atoms with Crippen LogP contribution in [0.5, 0.6) is 0 Å². The fourth-order valence-corrected chi connectivity index (χ4v) is 4.07. The molecule has 2 nitrogen and oxygen atoms in total. The molecule has 3 rings (SSSR count). The molecule has 1 saturated heterocycles. The number of hydrogen-bond donors (Lipinski definition) is 1. The van der Waals surface area contributed by atoms with Gasteiger partial charge in [0.15, 0.2) is 0 Å². The Morgan fingerprint density at radius 3 is 2.90 bits per heavy atom. The van der Waals surface area contributed by atoms with Gasteiger partial charge in [0.25, 0.3) is 0 Å². The van der Waals surface area contributed by atoms with Crippen LogP contribution >= 0.6 is 11.6 Å². The lowest BCUT2D eigenvalue weighted by Gasteiger charge is -2.31. The quantitative estimate of drug-likeness (QED) is 0.915. The molecule has 1 N–H and O–H groups in total. The van der Waals surface area contributed by atoms with Gasteiger partial charge in [0.05, 0.1) is 0 Å². The van der Waals surface area contributed by atoms with Crippen molar-refractivity contribution < 1.29 is 0 Å². The Bertz CT molecular complexity index is 498. The van der Waals surface area contributed by atoms with Gasteiger partial charge in [-0.25, -0.2) is 0 Å². The molecule has 3 heteroatoms. The van der Waals surface area contributed by atoms with E-state index in [4.69, 9.17) is 11.6 Å². The van der Waals surface area contributed by atoms with Gasteiger partial charge in [-0.1, -0.05) is 31.5 Å². The highest BCUT2D eigenvalue weighted by Crippen LogP contribution is 2.45. The topological polar surface area (TPSA) is 15.3 Å². The van der Waals surface area contributed by atoms with E-state index in [1.54, 1.807) is 0 Å². The molecule has 0 amide bonds. The van der Waals surface area contributed by atoms with Crippen molar-refractivity contribution in [1.82, 2.24) is 10.2 Å². The van der Waals surface area contributed by atoms with Crippen LogP contribution < -0.4 is 5.32 Å². The first-order valence-corrected chi connectivity index (χ1v) is 8.07. The second kappa shape index (κ2) is 5.32. The fourth-order valence-electron chi connectivity index (χ4n) is 3.89. The monoisotopic (exact) mass is 292 g/mol. The maximum atomic E-state index is 6.20. The van der Waals surface area contributed by atoms with Crippen molar-refractivity contribution in [1.29, 1.82) is 0 Å². The Hall–Kier alpha value is -0.570. The lowest BCUT2D eigenvalue weighted by molar-refractivity contribution is 0.234. The van der Waals surface area contributed by atoms with Crippen molar-refractivity contribution >= 4 is 11.6 Å². The van der Waals surface area contributed by atoms with Crippen LogP contribution in [0.15, 0.2) is 18.2 Å². The third kappa shape index (κ3) is 2.61. The first-order chi connectivity index (χ1) is 9.47. The van der Waals surface area contributed by atoms with E-state index < -0.39 is 0 Å². The highest BCUT2D eigenvalue weighted by Gasteiger charge is 2.39. The molecule has 2 atom stereocenters. The van der Waals surface area contributed by atoms with Crippen molar-refractivity contribution in [3.63, 3.8) is 0 Å². The van der Waals surface area contributed by atoms with Gasteiger partial charge in [0.2, 0.25) is 0 Å². The van der Waals surface area contributed by atoms with Crippen LogP contribution in [0.1, 0.15) is 43.9 Å². The van der Waals surface area contributed by atoms with Crippen molar-refractivity contribution in [3.05, 3.63) is 34.3 Å². The van der Waals surface area contributed by atoms with E-state index in [9.17, 15) is 0 Å². The lowest BCUT2D eigenvalue weighted by atomic mass is 9.85. The van der Waals surface area contributed by atoms with Gasteiger partial charge in [0, 0.05) is 23.7 Å². The van der Waals surface area contributed by atoms with E-state index in [1.165, 1.54) is 30.5 Å². The number of nitrogens with one attached hydrogen (secondary N) is 1. The molecule has 1 heterocycles. The van der Waals surface area contributed by atoms with Gasteiger partial charge in [0.1, 0.15) is 0 Å². The minimum absolute atomic E-state index is 0.268. The summed E-state index contributed by atoms with van der Waals surface area (Å²) in [5, 5.41) is 4.68. The Labute approximate surface area is 127 Å². The summed E-state index contributed by atoms with van der Waals surface area (Å²) in [6.45, 7) is 7.03. The molecule has 0 saturated carbocycles. The van der Waals surface area contributed by atoms with E-state index in [0.29, 0.717) is 12.1 Å². The van der Waals surface area contributed by atoms with Gasteiger partial charge in [-0.15, -0.1) is 0 Å². The second-order valence-corrected chi connectivity index (χ2v) is 7.56. The summed E-state index contributed by atoms with van der Waals surface area (Å²) in [5.74, 6) is 0. The first-order valence-electron chi connectivity index (χ1n) is 7.69. The van der Waals surface area contributed by atoms with Gasteiger partial charge < -0.3 is 10.2 Å². The molecule has 1 aliphatic heterocycles. The number of likely N-dealkylation sites (tertiary alicyclic amines) is 1. The fraction of sp³-hybridized carbons (Fsp3) is 0.647. The number of fused-ring (bicyclic) bond motifs is 1. The summed E-state index contributed by atoms with van der Waals surface area (Å²) in [6.07, 6.45) is 3.79. The van der Waals surface area contributed by atoms with Gasteiger partial charge in [-0.2, -0.15) is 0 Å². The van der Waals surface area contributed by atoms with Crippen molar-refractivity contribution in [2.24, 2.45) is 5.41 Å². The predicted molar refractivity (Wildman–Crippen MR) is 85.3 cm³/mol. The molecule has 0 bridgehead atoms. The number of benzene rings is 1. The van der Waals surface area contributed by atoms with Crippen LogP contribution in [0.25, 0.3) is 0 Å². The minimum atomic E-state index is 0.268. The smallest absolute Gasteiger partial charge is 0.0409 e. The van der Waals surface area contributed by atoms with E-state index >= 15 is 0 Å². The van der Waals surface area contributed by atoms with Crippen LogP contribution in [0.3, 0.4) is 0 Å². The van der Waals surface area contributed by atoms with Crippen LogP contribution in [0.2, 0.25) is 5.02 Å². The average Bonchev–Trinajstić information content (AvgIpc) is 2.88. The van der Waals surface area contributed by atoms with Crippen molar-refractivity contribution in [2.45, 2.75) is 45.2 Å². The summed E-state index contributed by atoms with van der Waals surface area (Å²) in [5.41, 5.74) is 3.13. The molecular formula is C17H25ClN2. The van der Waals surface area contributed by atoms with Crippen molar-refractivity contribution in [2.75, 3.05) is 20.1 Å². The molecule has 1 aromatic rings. The maximum absolute atomic E-state index is 6.20. The highest BCUT2D eigenvalue weighted by atomic mass is 35.5. The number of halogens is 1. The normalized spacial score (nSPS) is 28.8. The number of hydrogen-bond acceptors (Lipinski definition) is 2.